The predicted octanol–water partition coefficient (Wildman–Crippen LogP) is 1.47. The van der Waals surface area contributed by atoms with Crippen LogP contribution in [-0.2, 0) is 14.4 Å². The standard InChI is InChI=1S/C11H21NO5/c1-6-9(14)12(8(2)7-13)17-10(15)16-11(3,4)5/h8,13H,6-7H2,1-5H3/t8-/m1/s1. The first-order chi connectivity index (χ1) is 7.71. The molecule has 0 aromatic rings. The van der Waals surface area contributed by atoms with E-state index in [1.54, 1.807) is 34.6 Å². The Bertz CT molecular complexity index is 272. The molecule has 0 fully saturated rings. The van der Waals surface area contributed by atoms with Gasteiger partial charge in [-0.3, -0.25) is 4.79 Å². The van der Waals surface area contributed by atoms with Crippen molar-refractivity contribution in [1.82, 2.24) is 5.06 Å². The van der Waals surface area contributed by atoms with Gasteiger partial charge in [-0.1, -0.05) is 6.92 Å². The molecule has 0 saturated heterocycles. The number of aliphatic hydroxyl groups excluding tert-OH is 1. The number of nitrogens with zero attached hydrogens (tertiary/aromatic N) is 1. The van der Waals surface area contributed by atoms with Crippen LogP contribution < -0.4 is 0 Å². The summed E-state index contributed by atoms with van der Waals surface area (Å²) >= 11 is 0. The quantitative estimate of drug-likeness (QED) is 0.603. The third-order valence-corrected chi connectivity index (χ3v) is 1.78. The topological polar surface area (TPSA) is 76.1 Å². The second kappa shape index (κ2) is 6.44. The Labute approximate surface area is 101 Å². The molecular weight excluding hydrogens is 226 g/mol. The molecule has 0 saturated carbocycles. The number of amides is 1. The lowest BCUT2D eigenvalue weighted by Crippen LogP contribution is -2.43. The van der Waals surface area contributed by atoms with Gasteiger partial charge in [-0.15, -0.1) is 0 Å². The summed E-state index contributed by atoms with van der Waals surface area (Å²) < 4.78 is 4.92. The van der Waals surface area contributed by atoms with E-state index in [9.17, 15) is 9.59 Å². The Morgan fingerprint density at radius 3 is 2.24 bits per heavy atom. The number of ether oxygens (including phenoxy) is 1. The van der Waals surface area contributed by atoms with Gasteiger partial charge in [-0.2, -0.15) is 5.06 Å². The maximum atomic E-state index is 11.5. The number of aliphatic hydroxyl groups is 1. The highest BCUT2D eigenvalue weighted by Crippen LogP contribution is 2.11. The summed E-state index contributed by atoms with van der Waals surface area (Å²) in [5.41, 5.74) is -0.694. The summed E-state index contributed by atoms with van der Waals surface area (Å²) in [6.45, 7) is 7.98. The molecule has 0 bridgehead atoms. The van der Waals surface area contributed by atoms with Gasteiger partial charge in [0.2, 0.25) is 0 Å². The molecule has 0 aliphatic heterocycles. The second-order valence-electron chi connectivity index (χ2n) is 4.66. The lowest BCUT2D eigenvalue weighted by atomic mass is 10.2. The fourth-order valence-corrected chi connectivity index (χ4v) is 0.966. The Morgan fingerprint density at radius 1 is 1.35 bits per heavy atom. The van der Waals surface area contributed by atoms with Crippen LogP contribution in [0.3, 0.4) is 0 Å². The van der Waals surface area contributed by atoms with Crippen molar-refractivity contribution in [2.75, 3.05) is 6.61 Å². The Kier molecular flexibility index (Phi) is 5.95. The van der Waals surface area contributed by atoms with E-state index in [1.807, 2.05) is 0 Å². The molecule has 0 rings (SSSR count). The van der Waals surface area contributed by atoms with E-state index in [-0.39, 0.29) is 13.0 Å². The van der Waals surface area contributed by atoms with Crippen molar-refractivity contribution in [2.24, 2.45) is 0 Å². The molecule has 0 radical (unpaired) electrons. The van der Waals surface area contributed by atoms with E-state index in [2.05, 4.69) is 0 Å². The van der Waals surface area contributed by atoms with Gasteiger partial charge in [0.05, 0.1) is 12.6 Å². The van der Waals surface area contributed by atoms with Crippen molar-refractivity contribution in [3.05, 3.63) is 0 Å². The van der Waals surface area contributed by atoms with Crippen LogP contribution in [0.5, 0.6) is 0 Å². The summed E-state index contributed by atoms with van der Waals surface area (Å²) in [5, 5.41) is 9.81. The molecule has 0 spiro atoms. The molecule has 6 heteroatoms. The molecule has 0 aromatic heterocycles. The fourth-order valence-electron chi connectivity index (χ4n) is 0.966. The lowest BCUT2D eigenvalue weighted by molar-refractivity contribution is -0.189. The van der Waals surface area contributed by atoms with Gasteiger partial charge in [-0.05, 0) is 27.7 Å². The summed E-state index contributed by atoms with van der Waals surface area (Å²) in [5.74, 6) is -0.391. The molecule has 0 heterocycles. The van der Waals surface area contributed by atoms with E-state index < -0.39 is 23.7 Å². The van der Waals surface area contributed by atoms with Crippen molar-refractivity contribution >= 4 is 12.1 Å². The summed E-state index contributed by atoms with van der Waals surface area (Å²) in [6, 6.07) is -0.602. The zero-order valence-corrected chi connectivity index (χ0v) is 11.0. The molecule has 0 aliphatic rings. The molecule has 0 aromatic carbocycles. The van der Waals surface area contributed by atoms with Crippen LogP contribution in [-0.4, -0.2) is 40.5 Å². The predicted molar refractivity (Wildman–Crippen MR) is 61.0 cm³/mol. The summed E-state index contributed by atoms with van der Waals surface area (Å²) in [7, 11) is 0. The highest BCUT2D eigenvalue weighted by molar-refractivity contribution is 5.76. The van der Waals surface area contributed by atoms with Crippen LogP contribution in [0.2, 0.25) is 0 Å². The van der Waals surface area contributed by atoms with Crippen molar-refractivity contribution < 1.29 is 24.3 Å². The maximum absolute atomic E-state index is 11.5. The van der Waals surface area contributed by atoms with Gasteiger partial charge in [0.15, 0.2) is 0 Å². The largest absolute Gasteiger partial charge is 0.534 e. The van der Waals surface area contributed by atoms with E-state index in [1.165, 1.54) is 0 Å². The van der Waals surface area contributed by atoms with Crippen molar-refractivity contribution in [1.29, 1.82) is 0 Å². The minimum Gasteiger partial charge on any atom is -0.427 e. The van der Waals surface area contributed by atoms with Crippen LogP contribution in [0.4, 0.5) is 4.79 Å². The first kappa shape index (κ1) is 15.7. The number of carbonyl (C=O) groups excluding carboxylic acids is 2. The first-order valence-electron chi connectivity index (χ1n) is 5.55. The number of hydroxylamine groups is 2. The van der Waals surface area contributed by atoms with Crippen LogP contribution in [0, 0.1) is 0 Å². The van der Waals surface area contributed by atoms with Gasteiger partial charge in [-0.25, -0.2) is 4.79 Å². The van der Waals surface area contributed by atoms with Gasteiger partial charge in [0.25, 0.3) is 5.91 Å². The minimum absolute atomic E-state index is 0.174. The Morgan fingerprint density at radius 2 is 1.88 bits per heavy atom. The zero-order chi connectivity index (χ0) is 13.6. The minimum atomic E-state index is -0.959. The summed E-state index contributed by atoms with van der Waals surface area (Å²) in [4.78, 5) is 27.7. The van der Waals surface area contributed by atoms with Crippen molar-refractivity contribution in [2.45, 2.75) is 52.7 Å². The number of rotatable bonds is 3. The van der Waals surface area contributed by atoms with E-state index in [4.69, 9.17) is 14.7 Å². The number of hydrogen-bond acceptors (Lipinski definition) is 5. The van der Waals surface area contributed by atoms with Crippen LogP contribution in [0.15, 0.2) is 0 Å². The average molecular weight is 247 g/mol. The molecule has 0 aliphatic carbocycles. The summed E-state index contributed by atoms with van der Waals surface area (Å²) in [6.07, 6.45) is -0.785. The molecule has 1 amide bonds. The first-order valence-corrected chi connectivity index (χ1v) is 5.55. The van der Waals surface area contributed by atoms with Crippen LogP contribution in [0.1, 0.15) is 41.0 Å². The molecule has 6 nitrogen and oxygen atoms in total. The second-order valence-corrected chi connectivity index (χ2v) is 4.66. The van der Waals surface area contributed by atoms with Crippen LogP contribution >= 0.6 is 0 Å². The molecule has 17 heavy (non-hydrogen) atoms. The zero-order valence-electron chi connectivity index (χ0n) is 11.0. The van der Waals surface area contributed by atoms with Gasteiger partial charge in [0.1, 0.15) is 5.60 Å². The molecular formula is C11H21NO5. The SMILES string of the molecule is CCC(=O)N(OC(=O)OC(C)(C)C)[C@H](C)CO. The van der Waals surface area contributed by atoms with E-state index in [0.717, 1.165) is 5.06 Å². The highest BCUT2D eigenvalue weighted by Gasteiger charge is 2.26. The smallest absolute Gasteiger partial charge is 0.427 e. The third kappa shape index (κ3) is 6.11. The van der Waals surface area contributed by atoms with Crippen LogP contribution in [0.25, 0.3) is 0 Å². The third-order valence-electron chi connectivity index (χ3n) is 1.78. The van der Waals surface area contributed by atoms with Gasteiger partial charge < -0.3 is 14.7 Å². The van der Waals surface area contributed by atoms with Gasteiger partial charge in [0, 0.05) is 6.42 Å². The van der Waals surface area contributed by atoms with Crippen molar-refractivity contribution in [3.63, 3.8) is 0 Å². The molecule has 1 N–H and O–H groups in total. The maximum Gasteiger partial charge on any atom is 0.534 e. The van der Waals surface area contributed by atoms with Crippen molar-refractivity contribution in [3.8, 4) is 0 Å². The monoisotopic (exact) mass is 247 g/mol. The normalized spacial score (nSPS) is 12.8. The average Bonchev–Trinajstić information content (AvgIpc) is 2.21. The molecule has 1 atom stereocenters. The lowest BCUT2D eigenvalue weighted by Gasteiger charge is -2.27. The molecule has 0 unspecified atom stereocenters. The Hall–Kier alpha value is -1.30. The number of hydrogen-bond donors (Lipinski definition) is 1. The van der Waals surface area contributed by atoms with E-state index in [0.29, 0.717) is 0 Å². The molecule has 100 valence electrons. The fraction of sp³-hybridized carbons (Fsp3) is 0.818. The van der Waals surface area contributed by atoms with Gasteiger partial charge >= 0.3 is 6.16 Å². The number of carbonyl (C=O) groups is 2. The highest BCUT2D eigenvalue weighted by atomic mass is 16.8. The van der Waals surface area contributed by atoms with E-state index >= 15 is 0 Å². The Balaban J connectivity index is 4.54.